The van der Waals surface area contributed by atoms with Gasteiger partial charge in [0.1, 0.15) is 0 Å². The minimum Gasteiger partial charge on any atom is -0.368 e. The Labute approximate surface area is 222 Å². The van der Waals surface area contributed by atoms with Gasteiger partial charge in [0.05, 0.1) is 16.8 Å². The predicted molar refractivity (Wildman–Crippen MR) is 148 cm³/mol. The molecule has 2 amide bonds. The third kappa shape index (κ3) is 3.98. The SMILES string of the molecule is Cc1cc2c(c(-c3ccnc4cc(CN5C(=O)CCC5=O)sc34)c1)N([C@@H]1CC[C@@]3(CCCN3)C1)CCC2. The third-order valence-corrected chi connectivity index (χ3v) is 10.2. The number of hydrogen-bond acceptors (Lipinski definition) is 6. The Balaban J connectivity index is 1.29. The molecule has 1 spiro atoms. The minimum absolute atomic E-state index is 0.0647. The van der Waals surface area contributed by atoms with E-state index in [1.807, 2.05) is 6.20 Å². The van der Waals surface area contributed by atoms with Crippen LogP contribution in [0.25, 0.3) is 21.3 Å². The maximum Gasteiger partial charge on any atom is 0.230 e. The second-order valence-electron chi connectivity index (χ2n) is 11.5. The van der Waals surface area contributed by atoms with Crippen molar-refractivity contribution < 1.29 is 9.59 Å². The van der Waals surface area contributed by atoms with Crippen molar-refractivity contribution in [1.82, 2.24) is 15.2 Å². The first kappa shape index (κ1) is 23.4. The van der Waals surface area contributed by atoms with Crippen molar-refractivity contribution in [3.8, 4) is 11.1 Å². The Bertz CT molecular complexity index is 1390. The number of anilines is 1. The Morgan fingerprint density at radius 1 is 1.08 bits per heavy atom. The summed E-state index contributed by atoms with van der Waals surface area (Å²) in [5.74, 6) is -0.129. The number of aromatic nitrogens is 1. The van der Waals surface area contributed by atoms with Gasteiger partial charge in [-0.3, -0.25) is 19.5 Å². The van der Waals surface area contributed by atoms with Crippen LogP contribution in [0.5, 0.6) is 0 Å². The number of benzene rings is 1. The van der Waals surface area contributed by atoms with Crippen LogP contribution in [0.3, 0.4) is 0 Å². The maximum atomic E-state index is 12.2. The monoisotopic (exact) mass is 514 g/mol. The van der Waals surface area contributed by atoms with Crippen molar-refractivity contribution in [3.05, 3.63) is 46.5 Å². The number of carbonyl (C=O) groups excluding carboxylic acids is 2. The number of fused-ring (bicyclic) bond motifs is 2. The molecule has 3 aromatic rings. The van der Waals surface area contributed by atoms with Gasteiger partial charge in [0, 0.05) is 58.9 Å². The molecule has 2 saturated heterocycles. The number of aryl methyl sites for hydroxylation is 2. The molecule has 0 unspecified atom stereocenters. The molecule has 4 aliphatic rings. The van der Waals surface area contributed by atoms with Crippen molar-refractivity contribution in [2.24, 2.45) is 0 Å². The van der Waals surface area contributed by atoms with E-state index in [9.17, 15) is 9.59 Å². The van der Waals surface area contributed by atoms with E-state index in [0.717, 1.165) is 34.6 Å². The summed E-state index contributed by atoms with van der Waals surface area (Å²) in [6.07, 6.45) is 11.3. The number of nitrogens with one attached hydrogen (secondary N) is 1. The Kier molecular flexibility index (Phi) is 5.63. The molecule has 3 aliphatic heterocycles. The number of nitrogens with zero attached hydrogens (tertiary/aromatic N) is 3. The molecule has 37 heavy (non-hydrogen) atoms. The van der Waals surface area contributed by atoms with Crippen LogP contribution in [0.4, 0.5) is 5.69 Å². The molecule has 7 rings (SSSR count). The number of imide groups is 1. The van der Waals surface area contributed by atoms with E-state index >= 15 is 0 Å². The fourth-order valence-electron chi connectivity index (χ4n) is 7.36. The van der Waals surface area contributed by atoms with Crippen molar-refractivity contribution >= 4 is 39.1 Å². The van der Waals surface area contributed by atoms with Crippen LogP contribution in [-0.2, 0) is 22.6 Å². The molecular weight excluding hydrogens is 480 g/mol. The zero-order valence-electron chi connectivity index (χ0n) is 21.5. The summed E-state index contributed by atoms with van der Waals surface area (Å²) in [7, 11) is 0. The highest BCUT2D eigenvalue weighted by Gasteiger charge is 2.44. The zero-order chi connectivity index (χ0) is 25.1. The summed E-state index contributed by atoms with van der Waals surface area (Å²) in [5.41, 5.74) is 8.02. The van der Waals surface area contributed by atoms with Gasteiger partial charge in [-0.15, -0.1) is 11.3 Å². The van der Waals surface area contributed by atoms with Crippen molar-refractivity contribution in [3.63, 3.8) is 0 Å². The molecule has 1 aromatic carbocycles. The van der Waals surface area contributed by atoms with E-state index in [1.165, 1.54) is 71.4 Å². The third-order valence-electron chi connectivity index (χ3n) is 9.04. The zero-order valence-corrected chi connectivity index (χ0v) is 22.3. The Morgan fingerprint density at radius 2 is 1.95 bits per heavy atom. The molecule has 1 aliphatic carbocycles. The van der Waals surface area contributed by atoms with Crippen LogP contribution < -0.4 is 10.2 Å². The number of amides is 2. The molecule has 2 aromatic heterocycles. The largest absolute Gasteiger partial charge is 0.368 e. The molecule has 0 radical (unpaired) electrons. The van der Waals surface area contributed by atoms with Crippen molar-refractivity contribution in [1.29, 1.82) is 0 Å². The number of carbonyl (C=O) groups is 2. The molecule has 1 N–H and O–H groups in total. The van der Waals surface area contributed by atoms with Crippen molar-refractivity contribution in [2.75, 3.05) is 18.0 Å². The molecule has 5 heterocycles. The van der Waals surface area contributed by atoms with E-state index in [2.05, 4.69) is 46.4 Å². The Hall–Kier alpha value is -2.77. The maximum absolute atomic E-state index is 12.2. The molecule has 7 heteroatoms. The number of hydrogen-bond donors (Lipinski definition) is 1. The van der Waals surface area contributed by atoms with E-state index < -0.39 is 0 Å². The number of likely N-dealkylation sites (tertiary alicyclic amines) is 1. The fourth-order valence-corrected chi connectivity index (χ4v) is 8.49. The smallest absolute Gasteiger partial charge is 0.230 e. The first-order chi connectivity index (χ1) is 18.0. The summed E-state index contributed by atoms with van der Waals surface area (Å²) >= 11 is 1.68. The second kappa shape index (κ2) is 8.91. The van der Waals surface area contributed by atoms with Crippen LogP contribution in [0.15, 0.2) is 30.5 Å². The lowest BCUT2D eigenvalue weighted by atomic mass is 9.90. The van der Waals surface area contributed by atoms with E-state index in [0.29, 0.717) is 31.0 Å². The summed E-state index contributed by atoms with van der Waals surface area (Å²) in [6.45, 7) is 4.84. The van der Waals surface area contributed by atoms with Crippen LogP contribution in [0.2, 0.25) is 0 Å². The average Bonchev–Trinajstić information content (AvgIpc) is 3.69. The molecule has 1 saturated carbocycles. The highest BCUT2D eigenvalue weighted by atomic mass is 32.1. The van der Waals surface area contributed by atoms with Gasteiger partial charge in [0.25, 0.3) is 0 Å². The quantitative estimate of drug-likeness (QED) is 0.476. The molecule has 0 bridgehead atoms. The molecule has 3 fully saturated rings. The van der Waals surface area contributed by atoms with Crippen LogP contribution in [0.1, 0.15) is 67.4 Å². The first-order valence-corrected chi connectivity index (χ1v) is 14.7. The average molecular weight is 515 g/mol. The summed E-state index contributed by atoms with van der Waals surface area (Å²) in [6, 6.07) is 9.55. The number of thiophene rings is 1. The minimum atomic E-state index is -0.0647. The predicted octanol–water partition coefficient (Wildman–Crippen LogP) is 5.35. The second-order valence-corrected chi connectivity index (χ2v) is 12.6. The molecular formula is C30H34N4O2S. The van der Waals surface area contributed by atoms with E-state index in [4.69, 9.17) is 0 Å². The van der Waals surface area contributed by atoms with Gasteiger partial charge in [0.2, 0.25) is 11.8 Å². The highest BCUT2D eigenvalue weighted by molar-refractivity contribution is 7.19. The van der Waals surface area contributed by atoms with Gasteiger partial charge in [0.15, 0.2) is 0 Å². The van der Waals surface area contributed by atoms with Gasteiger partial charge in [-0.05, 0) is 82.2 Å². The van der Waals surface area contributed by atoms with Gasteiger partial charge in [-0.2, -0.15) is 0 Å². The lowest BCUT2D eigenvalue weighted by Gasteiger charge is -2.39. The molecule has 2 atom stereocenters. The van der Waals surface area contributed by atoms with Crippen LogP contribution in [-0.4, -0.2) is 46.4 Å². The van der Waals surface area contributed by atoms with Gasteiger partial charge < -0.3 is 10.2 Å². The molecule has 6 nitrogen and oxygen atoms in total. The van der Waals surface area contributed by atoms with Crippen LogP contribution in [0, 0.1) is 6.92 Å². The van der Waals surface area contributed by atoms with E-state index in [-0.39, 0.29) is 11.8 Å². The summed E-state index contributed by atoms with van der Waals surface area (Å²) in [5, 5.41) is 3.86. The summed E-state index contributed by atoms with van der Waals surface area (Å²) < 4.78 is 1.15. The standard InChI is InChI=1S/C30H34N4O2S/c1-19-14-20-4-2-13-33(21-7-10-30(17-21)9-3-11-32-30)28(20)24(15-19)23-8-12-31-25-16-22(37-29(23)25)18-34-26(35)5-6-27(34)36/h8,12,14-16,21,32H,2-7,9-11,13,17-18H2,1H3/t21-,30+/m1/s1. The molecule has 192 valence electrons. The van der Waals surface area contributed by atoms with Gasteiger partial charge in [-0.1, -0.05) is 11.6 Å². The van der Waals surface area contributed by atoms with Gasteiger partial charge in [-0.25, -0.2) is 0 Å². The Morgan fingerprint density at radius 3 is 2.76 bits per heavy atom. The fraction of sp³-hybridized carbons (Fsp3) is 0.500. The normalized spacial score (nSPS) is 25.7. The van der Waals surface area contributed by atoms with Crippen LogP contribution >= 0.6 is 11.3 Å². The number of rotatable bonds is 4. The lowest BCUT2D eigenvalue weighted by Crippen LogP contribution is -2.42. The number of pyridine rings is 1. The van der Waals surface area contributed by atoms with Crippen molar-refractivity contribution in [2.45, 2.75) is 82.8 Å². The lowest BCUT2D eigenvalue weighted by molar-refractivity contribution is -0.138. The van der Waals surface area contributed by atoms with E-state index in [1.54, 1.807) is 11.3 Å². The van der Waals surface area contributed by atoms with Gasteiger partial charge >= 0.3 is 0 Å². The summed E-state index contributed by atoms with van der Waals surface area (Å²) in [4.78, 5) is 34.3. The highest BCUT2D eigenvalue weighted by Crippen LogP contribution is 2.47. The first-order valence-electron chi connectivity index (χ1n) is 13.9. The topological polar surface area (TPSA) is 65.5 Å².